The van der Waals surface area contributed by atoms with Crippen molar-refractivity contribution in [3.05, 3.63) is 39.6 Å². The number of nitriles is 2. The van der Waals surface area contributed by atoms with Crippen LogP contribution in [-0.4, -0.2) is 15.6 Å². The van der Waals surface area contributed by atoms with Gasteiger partial charge in [-0.3, -0.25) is 0 Å². The van der Waals surface area contributed by atoms with Crippen LogP contribution in [0.4, 0.5) is 0 Å². The van der Waals surface area contributed by atoms with Crippen LogP contribution in [0.15, 0.2) is 17.8 Å². The zero-order valence-corrected chi connectivity index (χ0v) is 12.2. The average Bonchev–Trinajstić information content (AvgIpc) is 3.05. The number of nitrogens with two attached hydrogens (primary N) is 1. The summed E-state index contributed by atoms with van der Waals surface area (Å²) in [5.74, 6) is 0. The zero-order valence-electron chi connectivity index (χ0n) is 11.4. The third-order valence-corrected chi connectivity index (χ3v) is 4.44. The fourth-order valence-corrected chi connectivity index (χ4v) is 3.30. The van der Waals surface area contributed by atoms with Crippen molar-refractivity contribution in [2.24, 2.45) is 5.73 Å². The zero-order chi connectivity index (χ0) is 14.7. The van der Waals surface area contributed by atoms with E-state index in [4.69, 9.17) is 11.0 Å². The second-order valence-corrected chi connectivity index (χ2v) is 5.51. The highest BCUT2D eigenvalue weighted by molar-refractivity contribution is 7.10. The topological polar surface area (TPSA) is 91.4 Å². The molecule has 0 saturated carbocycles. The van der Waals surface area contributed by atoms with Gasteiger partial charge in [-0.25, -0.2) is 4.98 Å². The summed E-state index contributed by atoms with van der Waals surface area (Å²) in [5.41, 5.74) is 7.81. The first kappa shape index (κ1) is 14.3. The maximum atomic E-state index is 9.29. The van der Waals surface area contributed by atoms with E-state index in [0.29, 0.717) is 0 Å². The van der Waals surface area contributed by atoms with Crippen LogP contribution in [-0.2, 0) is 0 Å². The first-order valence-electron chi connectivity index (χ1n) is 6.30. The number of hydrogen-bond acceptors (Lipinski definition) is 5. The molecular weight excluding hydrogens is 270 g/mol. The van der Waals surface area contributed by atoms with Gasteiger partial charge in [0, 0.05) is 10.9 Å². The third kappa shape index (κ3) is 2.32. The quantitative estimate of drug-likeness (QED) is 0.933. The van der Waals surface area contributed by atoms with Gasteiger partial charge in [-0.05, 0) is 30.4 Å². The van der Waals surface area contributed by atoms with Crippen LogP contribution >= 0.6 is 11.3 Å². The molecule has 0 aliphatic carbocycles. The molecule has 0 aliphatic heterocycles. The minimum absolute atomic E-state index is 0.139. The van der Waals surface area contributed by atoms with Crippen LogP contribution in [0.5, 0.6) is 0 Å². The van der Waals surface area contributed by atoms with Crippen molar-refractivity contribution in [3.8, 4) is 12.1 Å². The largest absolute Gasteiger partial charge is 0.326 e. The summed E-state index contributed by atoms with van der Waals surface area (Å²) in [6.45, 7) is 4.03. The highest BCUT2D eigenvalue weighted by Crippen LogP contribution is 2.31. The van der Waals surface area contributed by atoms with Gasteiger partial charge in [0.15, 0.2) is 11.4 Å². The van der Waals surface area contributed by atoms with E-state index in [1.54, 1.807) is 15.9 Å². The van der Waals surface area contributed by atoms with Crippen LogP contribution in [0.25, 0.3) is 0 Å². The fraction of sp³-hybridized carbons (Fsp3) is 0.357. The predicted molar refractivity (Wildman–Crippen MR) is 77.1 cm³/mol. The molecule has 0 radical (unpaired) electrons. The second kappa shape index (κ2) is 5.87. The van der Waals surface area contributed by atoms with E-state index < -0.39 is 0 Å². The predicted octanol–water partition coefficient (Wildman–Crippen LogP) is 2.32. The minimum Gasteiger partial charge on any atom is -0.326 e. The Kier molecular flexibility index (Phi) is 4.19. The molecule has 2 rings (SSSR count). The normalized spacial score (nSPS) is 13.4. The lowest BCUT2D eigenvalue weighted by Gasteiger charge is -2.24. The number of hydrogen-bond donors (Lipinski definition) is 1. The number of aromatic nitrogens is 2. The molecule has 0 saturated heterocycles. The molecular formula is C14H15N5S. The molecule has 2 aromatic rings. The van der Waals surface area contributed by atoms with Gasteiger partial charge < -0.3 is 10.3 Å². The molecule has 5 nitrogen and oxygen atoms in total. The standard InChI is InChI=1S/C14H15N5S/c1-3-10(17)13(14-9(2)4-5-20-14)19-8-18-11(6-15)12(19)7-16/h4-5,8,10,13H,3,17H2,1-2H3. The van der Waals surface area contributed by atoms with E-state index >= 15 is 0 Å². The molecule has 2 heterocycles. The molecule has 6 heteroatoms. The molecule has 20 heavy (non-hydrogen) atoms. The lowest BCUT2D eigenvalue weighted by atomic mass is 10.0. The Hall–Kier alpha value is -2.15. The molecule has 0 fully saturated rings. The number of imidazole rings is 1. The van der Waals surface area contributed by atoms with Crippen molar-refractivity contribution in [2.75, 3.05) is 0 Å². The summed E-state index contributed by atoms with van der Waals surface area (Å²) in [4.78, 5) is 5.12. The van der Waals surface area contributed by atoms with Gasteiger partial charge in [0.2, 0.25) is 0 Å². The van der Waals surface area contributed by atoms with Crippen molar-refractivity contribution in [1.82, 2.24) is 9.55 Å². The Labute approximate surface area is 121 Å². The van der Waals surface area contributed by atoms with Gasteiger partial charge in [0.05, 0.1) is 12.4 Å². The fourth-order valence-electron chi connectivity index (χ4n) is 2.20. The van der Waals surface area contributed by atoms with Gasteiger partial charge in [0.25, 0.3) is 0 Å². The molecule has 0 bridgehead atoms. The van der Waals surface area contributed by atoms with Gasteiger partial charge >= 0.3 is 0 Å². The van der Waals surface area contributed by atoms with E-state index in [1.165, 1.54) is 6.33 Å². The molecule has 0 amide bonds. The Morgan fingerprint density at radius 1 is 1.45 bits per heavy atom. The summed E-state index contributed by atoms with van der Waals surface area (Å²) < 4.78 is 1.73. The number of nitrogens with zero attached hydrogens (tertiary/aromatic N) is 4. The first-order valence-corrected chi connectivity index (χ1v) is 7.18. The molecule has 2 N–H and O–H groups in total. The van der Waals surface area contributed by atoms with E-state index in [1.807, 2.05) is 31.4 Å². The minimum atomic E-state index is -0.163. The Morgan fingerprint density at radius 3 is 2.70 bits per heavy atom. The molecule has 2 aromatic heterocycles. The van der Waals surface area contributed by atoms with Crippen molar-refractivity contribution in [2.45, 2.75) is 32.4 Å². The Morgan fingerprint density at radius 2 is 2.20 bits per heavy atom. The van der Waals surface area contributed by atoms with Crippen molar-refractivity contribution < 1.29 is 0 Å². The van der Waals surface area contributed by atoms with Crippen LogP contribution in [0.2, 0.25) is 0 Å². The maximum absolute atomic E-state index is 9.29. The summed E-state index contributed by atoms with van der Waals surface area (Å²) in [5, 5.41) is 20.3. The van der Waals surface area contributed by atoms with Crippen LogP contribution < -0.4 is 5.73 Å². The number of thiophene rings is 1. The number of rotatable bonds is 4. The summed E-state index contributed by atoms with van der Waals surface area (Å²) in [7, 11) is 0. The monoisotopic (exact) mass is 285 g/mol. The van der Waals surface area contributed by atoms with Gasteiger partial charge in [0.1, 0.15) is 12.1 Å². The smallest absolute Gasteiger partial charge is 0.176 e. The highest BCUT2D eigenvalue weighted by atomic mass is 32.1. The Bertz CT molecular complexity index is 685. The van der Waals surface area contributed by atoms with E-state index in [2.05, 4.69) is 11.1 Å². The van der Waals surface area contributed by atoms with E-state index in [0.717, 1.165) is 16.9 Å². The highest BCUT2D eigenvalue weighted by Gasteiger charge is 2.26. The van der Waals surface area contributed by atoms with E-state index in [-0.39, 0.29) is 23.5 Å². The number of aryl methyl sites for hydroxylation is 1. The van der Waals surface area contributed by atoms with E-state index in [9.17, 15) is 5.26 Å². The molecule has 0 spiro atoms. The molecule has 0 aromatic carbocycles. The first-order chi connectivity index (χ1) is 9.63. The van der Waals surface area contributed by atoms with Crippen molar-refractivity contribution >= 4 is 11.3 Å². The summed E-state index contributed by atoms with van der Waals surface area (Å²) in [6.07, 6.45) is 2.31. The molecule has 0 aliphatic rings. The van der Waals surface area contributed by atoms with Crippen LogP contribution in [0.3, 0.4) is 0 Å². The maximum Gasteiger partial charge on any atom is 0.176 e. The summed E-state index contributed by atoms with van der Waals surface area (Å²) in [6, 6.07) is 5.74. The lowest BCUT2D eigenvalue weighted by molar-refractivity contribution is 0.460. The molecule has 102 valence electrons. The van der Waals surface area contributed by atoms with Crippen LogP contribution in [0.1, 0.15) is 41.2 Å². The second-order valence-electron chi connectivity index (χ2n) is 4.56. The molecule has 2 unspecified atom stereocenters. The Balaban J connectivity index is 2.60. The van der Waals surface area contributed by atoms with Gasteiger partial charge in [-0.1, -0.05) is 6.92 Å². The van der Waals surface area contributed by atoms with Crippen LogP contribution in [0, 0.1) is 29.6 Å². The summed E-state index contributed by atoms with van der Waals surface area (Å²) >= 11 is 1.61. The van der Waals surface area contributed by atoms with Gasteiger partial charge in [-0.15, -0.1) is 11.3 Å². The van der Waals surface area contributed by atoms with Gasteiger partial charge in [-0.2, -0.15) is 10.5 Å². The molecule has 2 atom stereocenters. The lowest BCUT2D eigenvalue weighted by Crippen LogP contribution is -2.32. The SMILES string of the molecule is CCC(N)C(c1sccc1C)n1cnc(C#N)c1C#N. The third-order valence-electron chi connectivity index (χ3n) is 3.35. The average molecular weight is 285 g/mol. The van der Waals surface area contributed by atoms with Crippen molar-refractivity contribution in [1.29, 1.82) is 10.5 Å². The van der Waals surface area contributed by atoms with Crippen molar-refractivity contribution in [3.63, 3.8) is 0 Å².